The molecule has 0 fully saturated rings. The van der Waals surface area contributed by atoms with Crippen LogP contribution < -0.4 is 9.46 Å². The van der Waals surface area contributed by atoms with E-state index in [1.807, 2.05) is 6.92 Å². The number of nitrogens with one attached hydrogen (secondary N) is 2. The Bertz CT molecular complexity index is 591. The van der Waals surface area contributed by atoms with Gasteiger partial charge < -0.3 is 9.72 Å². The van der Waals surface area contributed by atoms with Gasteiger partial charge in [0, 0.05) is 5.69 Å². The molecule has 96 valence electrons. The Kier molecular flexibility index (Phi) is 3.52. The van der Waals surface area contributed by atoms with Crippen LogP contribution in [0.4, 0.5) is 5.69 Å². The van der Waals surface area contributed by atoms with Crippen molar-refractivity contribution in [3.05, 3.63) is 36.8 Å². The summed E-state index contributed by atoms with van der Waals surface area (Å²) in [4.78, 5) is 6.22. The number of nitrogens with zero attached hydrogens (tertiary/aromatic N) is 1. The van der Waals surface area contributed by atoms with E-state index < -0.39 is 10.0 Å². The summed E-state index contributed by atoms with van der Waals surface area (Å²) in [5.74, 6) is 0.696. The van der Waals surface area contributed by atoms with Gasteiger partial charge >= 0.3 is 0 Å². The van der Waals surface area contributed by atoms with Crippen LogP contribution in [0, 0.1) is 0 Å². The molecule has 0 aliphatic rings. The molecule has 0 aliphatic heterocycles. The summed E-state index contributed by atoms with van der Waals surface area (Å²) in [6, 6.07) is 6.68. The summed E-state index contributed by atoms with van der Waals surface area (Å²) < 4.78 is 31.4. The van der Waals surface area contributed by atoms with Gasteiger partial charge in [-0.1, -0.05) is 0 Å². The molecule has 0 saturated carbocycles. The zero-order valence-electron chi connectivity index (χ0n) is 9.75. The average molecular weight is 267 g/mol. The van der Waals surface area contributed by atoms with E-state index in [1.165, 1.54) is 12.5 Å². The Morgan fingerprint density at radius 1 is 1.33 bits per heavy atom. The smallest absolute Gasteiger partial charge is 0.278 e. The zero-order chi connectivity index (χ0) is 13.0. The van der Waals surface area contributed by atoms with E-state index in [0.717, 1.165) is 0 Å². The fraction of sp³-hybridized carbons (Fsp3) is 0.182. The second-order valence-corrected chi connectivity index (χ2v) is 5.13. The number of aromatic amines is 1. The first-order valence-corrected chi connectivity index (χ1v) is 6.84. The Morgan fingerprint density at radius 3 is 2.61 bits per heavy atom. The van der Waals surface area contributed by atoms with E-state index in [4.69, 9.17) is 4.74 Å². The highest BCUT2D eigenvalue weighted by Gasteiger charge is 2.15. The largest absolute Gasteiger partial charge is 0.494 e. The van der Waals surface area contributed by atoms with Gasteiger partial charge in [-0.3, -0.25) is 4.72 Å². The van der Waals surface area contributed by atoms with Crippen molar-refractivity contribution < 1.29 is 13.2 Å². The fourth-order valence-corrected chi connectivity index (χ4v) is 2.35. The maximum atomic E-state index is 11.9. The molecule has 1 aromatic heterocycles. The Hall–Kier alpha value is -2.02. The number of aromatic nitrogens is 2. The number of ether oxygens (including phenoxy) is 1. The van der Waals surface area contributed by atoms with Gasteiger partial charge in [0.2, 0.25) is 0 Å². The molecule has 2 rings (SSSR count). The van der Waals surface area contributed by atoms with Crippen LogP contribution in [0.5, 0.6) is 5.75 Å². The molecular weight excluding hydrogens is 254 g/mol. The molecule has 1 aromatic carbocycles. The molecule has 0 bridgehead atoms. The molecule has 2 aromatic rings. The molecule has 1 heterocycles. The van der Waals surface area contributed by atoms with Crippen molar-refractivity contribution >= 4 is 15.7 Å². The van der Waals surface area contributed by atoms with Crippen molar-refractivity contribution in [1.29, 1.82) is 0 Å². The quantitative estimate of drug-likeness (QED) is 0.862. The Labute approximate surface area is 105 Å². The molecule has 0 atom stereocenters. The summed E-state index contributed by atoms with van der Waals surface area (Å²) in [6.07, 6.45) is 2.56. The SMILES string of the molecule is CCOc1ccc(NS(=O)(=O)c2cnc[nH]2)cc1. The molecular formula is C11H13N3O3S. The van der Waals surface area contributed by atoms with Crippen LogP contribution >= 0.6 is 0 Å². The van der Waals surface area contributed by atoms with Gasteiger partial charge in [-0.05, 0) is 31.2 Å². The highest BCUT2D eigenvalue weighted by Crippen LogP contribution is 2.18. The summed E-state index contributed by atoms with van der Waals surface area (Å²) in [7, 11) is -3.60. The molecule has 0 unspecified atom stereocenters. The van der Waals surface area contributed by atoms with Crippen LogP contribution in [0.2, 0.25) is 0 Å². The molecule has 7 heteroatoms. The number of H-pyrrole nitrogens is 1. The first-order valence-electron chi connectivity index (χ1n) is 5.36. The second-order valence-electron chi connectivity index (χ2n) is 3.48. The van der Waals surface area contributed by atoms with Crippen molar-refractivity contribution in [1.82, 2.24) is 9.97 Å². The van der Waals surface area contributed by atoms with Crippen molar-refractivity contribution in [3.63, 3.8) is 0 Å². The van der Waals surface area contributed by atoms with Crippen molar-refractivity contribution in [2.45, 2.75) is 11.9 Å². The fourth-order valence-electron chi connectivity index (χ4n) is 1.39. The first kappa shape index (κ1) is 12.4. The molecule has 0 amide bonds. The van der Waals surface area contributed by atoms with Gasteiger partial charge in [0.15, 0.2) is 5.03 Å². The average Bonchev–Trinajstić information content (AvgIpc) is 2.86. The van der Waals surface area contributed by atoms with Crippen LogP contribution in [-0.2, 0) is 10.0 Å². The lowest BCUT2D eigenvalue weighted by Gasteiger charge is -2.07. The van der Waals surface area contributed by atoms with Gasteiger partial charge in [0.25, 0.3) is 10.0 Å². The second kappa shape index (κ2) is 5.09. The number of hydrogen-bond donors (Lipinski definition) is 2. The van der Waals surface area contributed by atoms with E-state index in [-0.39, 0.29) is 5.03 Å². The molecule has 2 N–H and O–H groups in total. The predicted octanol–water partition coefficient (Wildman–Crippen LogP) is 1.61. The summed E-state index contributed by atoms with van der Waals surface area (Å²) in [5.41, 5.74) is 0.466. The van der Waals surface area contributed by atoms with E-state index >= 15 is 0 Å². The lowest BCUT2D eigenvalue weighted by molar-refractivity contribution is 0.340. The van der Waals surface area contributed by atoms with E-state index in [9.17, 15) is 8.42 Å². The summed E-state index contributed by atoms with van der Waals surface area (Å²) in [6.45, 7) is 2.45. The maximum absolute atomic E-state index is 11.9. The van der Waals surface area contributed by atoms with Gasteiger partial charge in [0.05, 0.1) is 19.1 Å². The van der Waals surface area contributed by atoms with E-state index in [2.05, 4.69) is 14.7 Å². The van der Waals surface area contributed by atoms with E-state index in [0.29, 0.717) is 18.0 Å². The predicted molar refractivity (Wildman–Crippen MR) is 67.0 cm³/mol. The number of rotatable bonds is 5. The van der Waals surface area contributed by atoms with Gasteiger partial charge in [0.1, 0.15) is 5.75 Å². The standard InChI is InChI=1S/C11H13N3O3S/c1-2-17-10-5-3-9(4-6-10)14-18(15,16)11-7-12-8-13-11/h3-8,14H,2H2,1H3,(H,12,13). The number of benzene rings is 1. The number of imidazole rings is 1. The lowest BCUT2D eigenvalue weighted by Crippen LogP contribution is -2.13. The number of sulfonamides is 1. The monoisotopic (exact) mass is 267 g/mol. The summed E-state index contributed by atoms with van der Waals surface area (Å²) >= 11 is 0. The molecule has 0 saturated heterocycles. The third kappa shape index (κ3) is 2.80. The zero-order valence-corrected chi connectivity index (χ0v) is 10.6. The van der Waals surface area contributed by atoms with Crippen LogP contribution in [0.1, 0.15) is 6.92 Å². The van der Waals surface area contributed by atoms with Crippen LogP contribution in [-0.4, -0.2) is 25.0 Å². The molecule has 0 aliphatic carbocycles. The normalized spacial score (nSPS) is 11.2. The highest BCUT2D eigenvalue weighted by molar-refractivity contribution is 7.92. The minimum Gasteiger partial charge on any atom is -0.494 e. The molecule has 0 radical (unpaired) electrons. The lowest BCUT2D eigenvalue weighted by atomic mass is 10.3. The van der Waals surface area contributed by atoms with Gasteiger partial charge in [-0.25, -0.2) is 4.98 Å². The minimum absolute atomic E-state index is 0.0244. The molecule has 18 heavy (non-hydrogen) atoms. The van der Waals surface area contributed by atoms with Crippen LogP contribution in [0.3, 0.4) is 0 Å². The number of anilines is 1. The molecule has 6 nitrogen and oxygen atoms in total. The van der Waals surface area contributed by atoms with Gasteiger partial charge in [-0.2, -0.15) is 8.42 Å². The first-order chi connectivity index (χ1) is 8.62. The summed E-state index contributed by atoms with van der Waals surface area (Å²) in [5, 5.41) is 0.0244. The van der Waals surface area contributed by atoms with Crippen LogP contribution in [0.25, 0.3) is 0 Å². The topological polar surface area (TPSA) is 84.1 Å². The Balaban J connectivity index is 2.14. The van der Waals surface area contributed by atoms with Crippen LogP contribution in [0.15, 0.2) is 41.8 Å². The van der Waals surface area contributed by atoms with Crippen molar-refractivity contribution in [2.75, 3.05) is 11.3 Å². The highest BCUT2D eigenvalue weighted by atomic mass is 32.2. The maximum Gasteiger partial charge on any atom is 0.278 e. The van der Waals surface area contributed by atoms with Crippen molar-refractivity contribution in [2.24, 2.45) is 0 Å². The third-order valence-electron chi connectivity index (χ3n) is 2.18. The van der Waals surface area contributed by atoms with Crippen molar-refractivity contribution in [3.8, 4) is 5.75 Å². The third-order valence-corrected chi connectivity index (χ3v) is 3.49. The van der Waals surface area contributed by atoms with Gasteiger partial charge in [-0.15, -0.1) is 0 Å². The Morgan fingerprint density at radius 2 is 2.06 bits per heavy atom. The van der Waals surface area contributed by atoms with E-state index in [1.54, 1.807) is 24.3 Å². The minimum atomic E-state index is -3.60. The number of hydrogen-bond acceptors (Lipinski definition) is 4. The molecule has 0 spiro atoms.